The Morgan fingerprint density at radius 3 is 2.51 bits per heavy atom. The number of nitrogen functional groups attached to an aromatic ring is 1. The number of nitrogens with two attached hydrogens (primary N) is 1. The van der Waals surface area contributed by atoms with Crippen LogP contribution in [-0.4, -0.2) is 54.0 Å². The van der Waals surface area contributed by atoms with Gasteiger partial charge < -0.3 is 24.1 Å². The van der Waals surface area contributed by atoms with E-state index in [1.54, 1.807) is 12.1 Å². The van der Waals surface area contributed by atoms with Crippen molar-refractivity contribution in [1.29, 1.82) is 5.26 Å². The lowest BCUT2D eigenvalue weighted by atomic mass is 9.92. The van der Waals surface area contributed by atoms with Crippen molar-refractivity contribution in [3.63, 3.8) is 0 Å². The zero-order valence-corrected chi connectivity index (χ0v) is 24.2. The minimum atomic E-state index is -2.99. The van der Waals surface area contributed by atoms with E-state index < -0.39 is 38.4 Å². The number of anilines is 1. The predicted octanol–water partition coefficient (Wildman–Crippen LogP) is 4.04. The Bertz CT molecular complexity index is 1410. The van der Waals surface area contributed by atoms with Gasteiger partial charge in [-0.15, -0.1) is 0 Å². The van der Waals surface area contributed by atoms with Gasteiger partial charge in [-0.2, -0.15) is 10.4 Å². The largest absolute Gasteiger partial charge is 0.455 e. The molecule has 0 unspecified atom stereocenters. The summed E-state index contributed by atoms with van der Waals surface area (Å²) in [6, 6.07) is 15.1. The maximum Gasteiger partial charge on any atom is 0.349 e. The normalized spacial score (nSPS) is 26.6. The molecule has 2 N–H and O–H groups in total. The molecule has 0 radical (unpaired) electrons. The summed E-state index contributed by atoms with van der Waals surface area (Å²) >= 11 is 0. The molecule has 5 rings (SSSR count). The molecule has 206 valence electrons. The fourth-order valence-corrected chi connectivity index (χ4v) is 11.0. The number of benzene rings is 1. The lowest BCUT2D eigenvalue weighted by Gasteiger charge is -2.53. The number of fused-ring (bicyclic) bond motifs is 2. The van der Waals surface area contributed by atoms with Crippen molar-refractivity contribution in [2.75, 3.05) is 12.3 Å². The van der Waals surface area contributed by atoms with E-state index in [-0.39, 0.29) is 28.9 Å². The molecule has 1 aromatic carbocycles. The molecule has 2 aliphatic heterocycles. The molecule has 0 saturated carbocycles. The molecule has 2 fully saturated rings. The summed E-state index contributed by atoms with van der Waals surface area (Å²) in [6.45, 7) is 12.8. The first-order chi connectivity index (χ1) is 18.3. The van der Waals surface area contributed by atoms with Crippen molar-refractivity contribution in [3.05, 3.63) is 60.0 Å². The van der Waals surface area contributed by atoms with Crippen LogP contribution in [-0.2, 0) is 35.1 Å². The number of carbonyl (C=O) groups excluding carboxylic acids is 1. The van der Waals surface area contributed by atoms with Crippen LogP contribution >= 0.6 is 0 Å². The highest BCUT2D eigenvalue weighted by atomic mass is 28.4. The van der Waals surface area contributed by atoms with Crippen LogP contribution in [0.3, 0.4) is 0 Å². The molecule has 4 atom stereocenters. The van der Waals surface area contributed by atoms with Crippen molar-refractivity contribution < 1.29 is 23.1 Å². The van der Waals surface area contributed by atoms with Crippen molar-refractivity contribution in [2.45, 2.75) is 82.0 Å². The van der Waals surface area contributed by atoms with Crippen molar-refractivity contribution >= 4 is 25.9 Å². The maximum absolute atomic E-state index is 13.4. The first-order valence-corrected chi connectivity index (χ1v) is 14.9. The highest BCUT2D eigenvalue weighted by Gasteiger charge is 2.69. The van der Waals surface area contributed by atoms with Crippen LogP contribution in [0.4, 0.5) is 5.82 Å². The van der Waals surface area contributed by atoms with Gasteiger partial charge in [0.25, 0.3) is 0 Å². The van der Waals surface area contributed by atoms with Crippen LogP contribution in [0.15, 0.2) is 48.8 Å². The van der Waals surface area contributed by atoms with E-state index in [9.17, 15) is 10.1 Å². The molecule has 2 aliphatic rings. The van der Waals surface area contributed by atoms with E-state index in [0.29, 0.717) is 11.2 Å². The maximum atomic E-state index is 13.4. The summed E-state index contributed by atoms with van der Waals surface area (Å²) in [6.07, 6.45) is -1.11. The number of carbonyl (C=O) groups is 1. The third kappa shape index (κ3) is 4.32. The van der Waals surface area contributed by atoms with E-state index in [1.807, 2.05) is 30.3 Å². The smallest absolute Gasteiger partial charge is 0.349 e. The molecule has 4 heterocycles. The van der Waals surface area contributed by atoms with Gasteiger partial charge in [-0.3, -0.25) is 4.79 Å². The van der Waals surface area contributed by atoms with Gasteiger partial charge in [0.1, 0.15) is 30.1 Å². The molecule has 0 spiro atoms. The summed E-state index contributed by atoms with van der Waals surface area (Å²) in [5.41, 5.74) is 6.05. The summed E-state index contributed by atoms with van der Waals surface area (Å²) in [7, 11) is -2.99. The molecule has 2 aromatic heterocycles. The van der Waals surface area contributed by atoms with Crippen LogP contribution in [0.2, 0.25) is 10.1 Å². The minimum Gasteiger partial charge on any atom is -0.455 e. The number of aromatic nitrogens is 3. The summed E-state index contributed by atoms with van der Waals surface area (Å²) in [4.78, 5) is 17.4. The van der Waals surface area contributed by atoms with Crippen LogP contribution in [0.1, 0.15) is 52.8 Å². The van der Waals surface area contributed by atoms with Crippen LogP contribution < -0.4 is 5.73 Å². The van der Waals surface area contributed by atoms with Crippen molar-refractivity contribution in [3.8, 4) is 6.07 Å². The second-order valence-electron chi connectivity index (χ2n) is 12.2. The Morgan fingerprint density at radius 2 is 1.87 bits per heavy atom. The van der Waals surface area contributed by atoms with Gasteiger partial charge in [0.05, 0.1) is 18.7 Å². The van der Waals surface area contributed by atoms with E-state index in [1.165, 1.54) is 10.8 Å². The van der Waals surface area contributed by atoms with Crippen LogP contribution in [0.5, 0.6) is 0 Å². The van der Waals surface area contributed by atoms with Gasteiger partial charge >= 0.3 is 14.5 Å². The number of nitriles is 1. The average molecular weight is 550 g/mol. The quantitative estimate of drug-likeness (QED) is 0.378. The molecule has 10 nitrogen and oxygen atoms in total. The van der Waals surface area contributed by atoms with Crippen molar-refractivity contribution in [1.82, 2.24) is 14.6 Å². The molecule has 0 bridgehead atoms. The summed E-state index contributed by atoms with van der Waals surface area (Å²) < 4.78 is 27.8. The second-order valence-corrected chi connectivity index (χ2v) is 17.0. The number of nitrogens with zero attached hydrogens (tertiary/aromatic N) is 4. The number of hydrogen-bond donors (Lipinski definition) is 1. The fourth-order valence-electron chi connectivity index (χ4n) is 6.09. The Balaban J connectivity index is 1.62. The zero-order chi connectivity index (χ0) is 28.2. The highest BCUT2D eigenvalue weighted by Crippen LogP contribution is 2.57. The molecule has 0 aliphatic carbocycles. The lowest BCUT2D eigenvalue weighted by Crippen LogP contribution is -2.65. The molecular weight excluding hydrogens is 514 g/mol. The van der Waals surface area contributed by atoms with E-state index >= 15 is 0 Å². The third-order valence-corrected chi connectivity index (χ3v) is 12.7. The first kappa shape index (κ1) is 27.3. The van der Waals surface area contributed by atoms with Gasteiger partial charge in [-0.1, -0.05) is 71.9 Å². The molecule has 2 saturated heterocycles. The van der Waals surface area contributed by atoms with E-state index in [2.05, 4.69) is 57.7 Å². The monoisotopic (exact) mass is 549 g/mol. The number of rotatable bonds is 4. The van der Waals surface area contributed by atoms with E-state index in [0.717, 1.165) is 5.56 Å². The van der Waals surface area contributed by atoms with Gasteiger partial charge in [0.15, 0.2) is 11.9 Å². The SMILES string of the molecule is CC(C)(C)[Si]1(C(C)(C)C)OC[C@H]2O[C@@](C#N)(c3ccc4c(N)ncnn34)[C@H](OC(=O)Cc3ccccc3)[C@@H]2O1. The fraction of sp³-hybridized carbons (Fsp3) is 0.500. The van der Waals surface area contributed by atoms with Crippen LogP contribution in [0.25, 0.3) is 5.52 Å². The molecule has 3 aromatic rings. The molecule has 11 heteroatoms. The number of ether oxygens (including phenoxy) is 2. The van der Waals surface area contributed by atoms with Gasteiger partial charge in [0.2, 0.25) is 5.60 Å². The Labute approximate surface area is 229 Å². The standard InChI is InChI=1S/C28H35N5O5Si/c1-26(2,3)39(27(4,5)6)35-15-20-23(38-39)24(36-22(34)14-18-10-8-7-9-11-18)28(16-29,37-20)21-13-12-19-25(30)31-17-32-33(19)21/h7-13,17,20,23-24H,14-15H2,1-6H3,(H2,30,31,32)/t20-,23-,24-,28+/m1/s1. The van der Waals surface area contributed by atoms with Crippen LogP contribution in [0, 0.1) is 11.3 Å². The predicted molar refractivity (Wildman–Crippen MR) is 146 cm³/mol. The third-order valence-electron chi connectivity index (χ3n) is 7.61. The highest BCUT2D eigenvalue weighted by molar-refractivity contribution is 6.73. The molecular formula is C28H35N5O5Si. The minimum absolute atomic E-state index is 0.0396. The molecule has 0 amide bonds. The second kappa shape index (κ2) is 9.41. The summed E-state index contributed by atoms with van der Waals surface area (Å²) in [5.74, 6) is -0.234. The van der Waals surface area contributed by atoms with Crippen molar-refractivity contribution in [2.24, 2.45) is 0 Å². The van der Waals surface area contributed by atoms with E-state index in [4.69, 9.17) is 24.1 Å². The number of esters is 1. The van der Waals surface area contributed by atoms with Gasteiger partial charge in [-0.05, 0) is 17.7 Å². The summed E-state index contributed by atoms with van der Waals surface area (Å²) in [5, 5.41) is 14.4. The molecule has 39 heavy (non-hydrogen) atoms. The Hall–Kier alpha value is -3.30. The topological polar surface area (TPSA) is 134 Å². The lowest BCUT2D eigenvalue weighted by molar-refractivity contribution is -0.159. The average Bonchev–Trinajstić information content (AvgIpc) is 3.44. The Kier molecular flexibility index (Phi) is 6.58. The zero-order valence-electron chi connectivity index (χ0n) is 23.2. The van der Waals surface area contributed by atoms with Gasteiger partial charge in [0, 0.05) is 10.1 Å². The first-order valence-electron chi connectivity index (χ1n) is 13.1. The Morgan fingerprint density at radius 1 is 1.18 bits per heavy atom. The number of hydrogen-bond acceptors (Lipinski definition) is 9. The van der Waals surface area contributed by atoms with Gasteiger partial charge in [-0.25, -0.2) is 9.50 Å².